The Morgan fingerprint density at radius 2 is 1.84 bits per heavy atom. The first-order valence-electron chi connectivity index (χ1n) is 10.7. The molecule has 3 aromatic rings. The number of imidazole rings is 1. The van der Waals surface area contributed by atoms with Crippen LogP contribution in [0.5, 0.6) is 0 Å². The summed E-state index contributed by atoms with van der Waals surface area (Å²) in [4.78, 5) is 13.6. The zero-order valence-corrected chi connectivity index (χ0v) is 18.0. The fraction of sp³-hybridized carbons (Fsp3) is 0.391. The molecular weight excluding hydrogens is 439 g/mol. The Morgan fingerprint density at radius 3 is 2.62 bits per heavy atom. The van der Waals surface area contributed by atoms with Gasteiger partial charge in [0.25, 0.3) is 0 Å². The van der Waals surface area contributed by atoms with E-state index >= 15 is 0 Å². The van der Waals surface area contributed by atoms with Gasteiger partial charge in [-0.25, -0.2) is 9.97 Å². The Labute approximate surface area is 189 Å². The molecule has 9 heteroatoms. The molecule has 2 fully saturated rings. The Hall–Kier alpha value is -2.58. The summed E-state index contributed by atoms with van der Waals surface area (Å²) in [7, 11) is 0. The van der Waals surface area contributed by atoms with Gasteiger partial charge >= 0.3 is 6.18 Å². The summed E-state index contributed by atoms with van der Waals surface area (Å²) in [5.74, 6) is 1.94. The second kappa shape index (κ2) is 8.41. The predicted octanol–water partition coefficient (Wildman–Crippen LogP) is 5.15. The van der Waals surface area contributed by atoms with Crippen LogP contribution in [0.1, 0.15) is 24.2 Å². The van der Waals surface area contributed by atoms with E-state index in [-0.39, 0.29) is 6.04 Å². The highest BCUT2D eigenvalue weighted by atomic mass is 35.5. The molecule has 0 radical (unpaired) electrons. The molecule has 2 aromatic heterocycles. The third kappa shape index (κ3) is 4.21. The maximum Gasteiger partial charge on any atom is 0.433 e. The number of halogens is 4. The van der Waals surface area contributed by atoms with E-state index in [0.717, 1.165) is 42.5 Å². The second-order valence-corrected chi connectivity index (χ2v) is 8.85. The molecule has 3 heterocycles. The number of pyridine rings is 1. The molecule has 1 aliphatic heterocycles. The highest BCUT2D eigenvalue weighted by molar-refractivity contribution is 6.30. The minimum absolute atomic E-state index is 0.273. The van der Waals surface area contributed by atoms with E-state index in [1.165, 1.54) is 6.07 Å². The minimum atomic E-state index is -4.43. The smallest absolute Gasteiger partial charge is 0.356 e. The van der Waals surface area contributed by atoms with Gasteiger partial charge in [-0.2, -0.15) is 13.2 Å². The Kier molecular flexibility index (Phi) is 5.59. The van der Waals surface area contributed by atoms with Crippen molar-refractivity contribution < 1.29 is 13.2 Å². The van der Waals surface area contributed by atoms with Crippen molar-refractivity contribution in [2.45, 2.75) is 31.6 Å². The number of aromatic amines is 1. The molecule has 2 aliphatic rings. The molecule has 168 valence electrons. The van der Waals surface area contributed by atoms with Crippen molar-refractivity contribution in [3.05, 3.63) is 65.1 Å². The van der Waals surface area contributed by atoms with E-state index in [0.29, 0.717) is 35.9 Å². The second-order valence-electron chi connectivity index (χ2n) is 8.49. The molecule has 1 aliphatic carbocycles. The maximum absolute atomic E-state index is 13.0. The zero-order valence-electron chi connectivity index (χ0n) is 17.2. The van der Waals surface area contributed by atoms with Gasteiger partial charge < -0.3 is 15.2 Å². The lowest BCUT2D eigenvalue weighted by atomic mass is 9.98. The molecule has 0 bridgehead atoms. The van der Waals surface area contributed by atoms with E-state index in [1.54, 1.807) is 6.07 Å². The molecule has 2 N–H and O–H groups in total. The molecule has 1 aromatic carbocycles. The molecule has 1 saturated heterocycles. The summed E-state index contributed by atoms with van der Waals surface area (Å²) in [6.45, 7) is 2.00. The summed E-state index contributed by atoms with van der Waals surface area (Å²) in [5.41, 5.74) is 0.967. The van der Waals surface area contributed by atoms with Crippen LogP contribution in [-0.4, -0.2) is 34.1 Å². The largest absolute Gasteiger partial charge is 0.433 e. The van der Waals surface area contributed by atoms with Crippen molar-refractivity contribution in [3.63, 3.8) is 0 Å². The number of benzene rings is 1. The topological polar surface area (TPSA) is 56.8 Å². The summed E-state index contributed by atoms with van der Waals surface area (Å²) < 4.78 is 39.1. The monoisotopic (exact) mass is 461 g/mol. The van der Waals surface area contributed by atoms with Crippen LogP contribution in [0.25, 0.3) is 11.4 Å². The van der Waals surface area contributed by atoms with Gasteiger partial charge in [0.2, 0.25) is 0 Å². The molecule has 3 unspecified atom stereocenters. The number of aromatic nitrogens is 3. The SMILES string of the molecule is FC(F)(F)c1cccc(N2CC3CCC(NCc4[nH]c(-c5ccccc5)nc4Cl)C3C2)n1. The number of H-pyrrole nitrogens is 1. The number of nitrogens with one attached hydrogen (secondary N) is 2. The quantitative estimate of drug-likeness (QED) is 0.552. The van der Waals surface area contributed by atoms with Crippen LogP contribution in [0.4, 0.5) is 19.0 Å². The number of fused-ring (bicyclic) bond motifs is 1. The van der Waals surface area contributed by atoms with Crippen molar-refractivity contribution in [1.29, 1.82) is 0 Å². The third-order valence-corrected chi connectivity index (χ3v) is 6.83. The van der Waals surface area contributed by atoms with Crippen LogP contribution in [0.2, 0.25) is 5.15 Å². The lowest BCUT2D eigenvalue weighted by Crippen LogP contribution is -2.35. The van der Waals surface area contributed by atoms with Crippen molar-refractivity contribution in [3.8, 4) is 11.4 Å². The average molecular weight is 462 g/mol. The Morgan fingerprint density at radius 1 is 1.03 bits per heavy atom. The molecule has 5 nitrogen and oxygen atoms in total. The standard InChI is InChI=1S/C23H23ClF3N5/c24-21-18(29-22(31-21)14-5-2-1-3-6-14)11-28-17-10-9-15-12-32(13-16(15)17)20-8-4-7-19(30-20)23(25,26)27/h1-8,15-17,28H,9-13H2,(H,29,31). The van der Waals surface area contributed by atoms with E-state index in [1.807, 2.05) is 35.2 Å². The van der Waals surface area contributed by atoms with Gasteiger partial charge in [0.1, 0.15) is 17.3 Å². The Balaban J connectivity index is 1.24. The normalized spacial score (nSPS) is 23.0. The van der Waals surface area contributed by atoms with E-state index in [4.69, 9.17) is 11.6 Å². The van der Waals surface area contributed by atoms with Crippen LogP contribution in [0.15, 0.2) is 48.5 Å². The molecule has 3 atom stereocenters. The van der Waals surface area contributed by atoms with Gasteiger partial charge in [-0.3, -0.25) is 0 Å². The number of nitrogens with zero attached hydrogens (tertiary/aromatic N) is 3. The molecule has 1 saturated carbocycles. The van der Waals surface area contributed by atoms with Crippen molar-refractivity contribution in [2.75, 3.05) is 18.0 Å². The third-order valence-electron chi connectivity index (χ3n) is 6.52. The number of alkyl halides is 3. The molecular formula is C23H23ClF3N5. The fourth-order valence-electron chi connectivity index (χ4n) is 4.93. The van der Waals surface area contributed by atoms with Gasteiger partial charge in [0.15, 0.2) is 5.15 Å². The average Bonchev–Trinajstić information content (AvgIpc) is 3.47. The van der Waals surface area contributed by atoms with Crippen LogP contribution < -0.4 is 10.2 Å². The van der Waals surface area contributed by atoms with Gasteiger partial charge in [0.05, 0.1) is 5.69 Å². The first kappa shape index (κ1) is 21.3. The van der Waals surface area contributed by atoms with Crippen LogP contribution in [0.3, 0.4) is 0 Å². The lowest BCUT2D eigenvalue weighted by molar-refractivity contribution is -0.141. The van der Waals surface area contributed by atoms with Crippen LogP contribution in [-0.2, 0) is 12.7 Å². The number of rotatable bonds is 5. The van der Waals surface area contributed by atoms with Crippen molar-refractivity contribution in [2.24, 2.45) is 11.8 Å². The van der Waals surface area contributed by atoms with Gasteiger partial charge in [-0.1, -0.05) is 48.0 Å². The van der Waals surface area contributed by atoms with Gasteiger partial charge in [-0.15, -0.1) is 0 Å². The van der Waals surface area contributed by atoms with Crippen molar-refractivity contribution >= 4 is 17.4 Å². The highest BCUT2D eigenvalue weighted by Crippen LogP contribution is 2.40. The summed E-state index contributed by atoms with van der Waals surface area (Å²) in [6.07, 6.45) is -2.35. The van der Waals surface area contributed by atoms with E-state index in [9.17, 15) is 13.2 Å². The van der Waals surface area contributed by atoms with E-state index < -0.39 is 11.9 Å². The van der Waals surface area contributed by atoms with Gasteiger partial charge in [0, 0.05) is 31.2 Å². The highest BCUT2D eigenvalue weighted by Gasteiger charge is 2.43. The molecule has 0 amide bonds. The molecule has 5 rings (SSSR count). The number of hydrogen-bond acceptors (Lipinski definition) is 4. The summed E-state index contributed by atoms with van der Waals surface area (Å²) >= 11 is 6.36. The van der Waals surface area contributed by atoms with Gasteiger partial charge in [-0.05, 0) is 36.8 Å². The van der Waals surface area contributed by atoms with Crippen molar-refractivity contribution in [1.82, 2.24) is 20.3 Å². The maximum atomic E-state index is 13.0. The molecule has 32 heavy (non-hydrogen) atoms. The number of anilines is 1. The summed E-state index contributed by atoms with van der Waals surface area (Å²) in [5, 5.41) is 4.05. The van der Waals surface area contributed by atoms with E-state index in [2.05, 4.69) is 20.3 Å². The van der Waals surface area contributed by atoms with Crippen LogP contribution in [0, 0.1) is 11.8 Å². The predicted molar refractivity (Wildman–Crippen MR) is 117 cm³/mol. The minimum Gasteiger partial charge on any atom is -0.356 e. The Bertz CT molecular complexity index is 1080. The zero-order chi connectivity index (χ0) is 22.3. The fourth-order valence-corrected chi connectivity index (χ4v) is 5.13. The first-order chi connectivity index (χ1) is 15.4. The molecule has 0 spiro atoms. The summed E-state index contributed by atoms with van der Waals surface area (Å²) in [6, 6.07) is 14.2. The number of hydrogen-bond donors (Lipinski definition) is 2. The van der Waals surface area contributed by atoms with Crippen LogP contribution >= 0.6 is 11.6 Å². The lowest BCUT2D eigenvalue weighted by Gasteiger charge is -2.23. The first-order valence-corrected chi connectivity index (χ1v) is 11.1.